The summed E-state index contributed by atoms with van der Waals surface area (Å²) in [6, 6.07) is 0.00543. The van der Waals surface area contributed by atoms with Gasteiger partial charge >= 0.3 is 6.01 Å². The molecular formula is C8H8FN3O. The zero-order valence-corrected chi connectivity index (χ0v) is 6.83. The zero-order valence-electron chi connectivity index (χ0n) is 6.83. The second-order valence-corrected chi connectivity index (χ2v) is 2.74. The first-order valence-electron chi connectivity index (χ1n) is 3.91. The van der Waals surface area contributed by atoms with Gasteiger partial charge in [0.05, 0.1) is 0 Å². The van der Waals surface area contributed by atoms with Crippen molar-refractivity contribution < 1.29 is 8.81 Å². The first-order valence-corrected chi connectivity index (χ1v) is 3.91. The molecule has 0 bridgehead atoms. The smallest absolute Gasteiger partial charge is 0.313 e. The van der Waals surface area contributed by atoms with E-state index < -0.39 is 0 Å². The Hall–Kier alpha value is -1.65. The number of hydrogen-bond donors (Lipinski definition) is 1. The third kappa shape index (κ3) is 1.58. The lowest BCUT2D eigenvalue weighted by Crippen LogP contribution is -1.90. The highest BCUT2D eigenvalue weighted by atomic mass is 19.1. The molecule has 1 aliphatic rings. The van der Waals surface area contributed by atoms with E-state index in [0.717, 1.165) is 0 Å². The summed E-state index contributed by atoms with van der Waals surface area (Å²) in [5.41, 5.74) is 5.94. The van der Waals surface area contributed by atoms with Crippen LogP contribution in [-0.2, 0) is 0 Å². The second-order valence-electron chi connectivity index (χ2n) is 2.74. The Labute approximate surface area is 73.9 Å². The van der Waals surface area contributed by atoms with Crippen LogP contribution >= 0.6 is 0 Å². The van der Waals surface area contributed by atoms with E-state index in [2.05, 4.69) is 10.2 Å². The van der Waals surface area contributed by atoms with E-state index >= 15 is 0 Å². The van der Waals surface area contributed by atoms with Crippen molar-refractivity contribution in [2.45, 2.75) is 12.8 Å². The first-order chi connectivity index (χ1) is 6.25. The van der Waals surface area contributed by atoms with E-state index in [4.69, 9.17) is 10.2 Å². The lowest BCUT2D eigenvalue weighted by molar-refractivity contribution is 0.553. The van der Waals surface area contributed by atoms with Gasteiger partial charge in [-0.1, -0.05) is 5.10 Å². The van der Waals surface area contributed by atoms with E-state index in [1.165, 1.54) is 12.2 Å². The van der Waals surface area contributed by atoms with Crippen molar-refractivity contribution in [3.05, 3.63) is 23.9 Å². The summed E-state index contributed by atoms with van der Waals surface area (Å²) in [7, 11) is 0. The van der Waals surface area contributed by atoms with Gasteiger partial charge in [-0.05, 0) is 25.0 Å². The van der Waals surface area contributed by atoms with Gasteiger partial charge in [0.2, 0.25) is 5.89 Å². The van der Waals surface area contributed by atoms with Gasteiger partial charge < -0.3 is 10.2 Å². The van der Waals surface area contributed by atoms with E-state index in [0.29, 0.717) is 24.3 Å². The summed E-state index contributed by atoms with van der Waals surface area (Å²) < 4.78 is 17.8. The summed E-state index contributed by atoms with van der Waals surface area (Å²) in [6.45, 7) is 0. The van der Waals surface area contributed by atoms with Gasteiger partial charge in [0.15, 0.2) is 0 Å². The molecular weight excluding hydrogens is 173 g/mol. The molecule has 1 heterocycles. The van der Waals surface area contributed by atoms with Crippen LogP contribution in [0.1, 0.15) is 18.7 Å². The molecule has 2 N–H and O–H groups in total. The zero-order chi connectivity index (χ0) is 9.26. The van der Waals surface area contributed by atoms with Crippen molar-refractivity contribution in [2.24, 2.45) is 0 Å². The van der Waals surface area contributed by atoms with E-state index in [1.54, 1.807) is 0 Å². The Morgan fingerprint density at radius 1 is 1.46 bits per heavy atom. The molecule has 13 heavy (non-hydrogen) atoms. The average Bonchev–Trinajstić information content (AvgIpc) is 2.52. The molecule has 0 atom stereocenters. The van der Waals surface area contributed by atoms with Gasteiger partial charge in [-0.25, -0.2) is 4.39 Å². The fourth-order valence-corrected chi connectivity index (χ4v) is 1.20. The van der Waals surface area contributed by atoms with Gasteiger partial charge in [0, 0.05) is 5.57 Å². The molecule has 1 aliphatic carbocycles. The van der Waals surface area contributed by atoms with Crippen LogP contribution in [0.3, 0.4) is 0 Å². The second kappa shape index (κ2) is 3.01. The quantitative estimate of drug-likeness (QED) is 0.715. The molecule has 0 amide bonds. The van der Waals surface area contributed by atoms with Gasteiger partial charge in [0.1, 0.15) is 5.83 Å². The lowest BCUT2D eigenvalue weighted by atomic mass is 10.0. The van der Waals surface area contributed by atoms with Crippen molar-refractivity contribution in [1.29, 1.82) is 0 Å². The summed E-state index contributed by atoms with van der Waals surface area (Å²) in [5.74, 6) is 0.0405. The number of halogens is 1. The monoisotopic (exact) mass is 181 g/mol. The van der Waals surface area contributed by atoms with Crippen molar-refractivity contribution >= 4 is 11.6 Å². The molecule has 68 valence electrons. The van der Waals surface area contributed by atoms with E-state index in [-0.39, 0.29) is 11.8 Å². The lowest BCUT2D eigenvalue weighted by Gasteiger charge is -2.04. The van der Waals surface area contributed by atoms with Gasteiger partial charge in [-0.15, -0.1) is 5.10 Å². The number of nitrogens with two attached hydrogens (primary N) is 1. The van der Waals surface area contributed by atoms with Gasteiger partial charge in [0.25, 0.3) is 0 Å². The predicted octanol–water partition coefficient (Wildman–Crippen LogP) is 1.68. The SMILES string of the molecule is Nc1nnc(C2=CC(F)=CCC2)o1. The van der Waals surface area contributed by atoms with Crippen LogP contribution in [-0.4, -0.2) is 10.2 Å². The molecule has 0 radical (unpaired) electrons. The molecule has 0 aromatic carbocycles. The van der Waals surface area contributed by atoms with Crippen LogP contribution in [0.15, 0.2) is 22.4 Å². The molecule has 1 aromatic rings. The Morgan fingerprint density at radius 2 is 2.31 bits per heavy atom. The number of anilines is 1. The molecule has 2 rings (SSSR count). The van der Waals surface area contributed by atoms with Crippen molar-refractivity contribution in [2.75, 3.05) is 5.73 Å². The minimum Gasteiger partial charge on any atom is -0.404 e. The highest BCUT2D eigenvalue weighted by Gasteiger charge is 2.12. The molecule has 5 heteroatoms. The number of hydrogen-bond acceptors (Lipinski definition) is 4. The maximum Gasteiger partial charge on any atom is 0.313 e. The van der Waals surface area contributed by atoms with Crippen molar-refractivity contribution in [3.8, 4) is 0 Å². The number of nitrogen functional groups attached to an aromatic ring is 1. The van der Waals surface area contributed by atoms with Crippen LogP contribution < -0.4 is 5.73 Å². The maximum atomic E-state index is 12.8. The molecule has 4 nitrogen and oxygen atoms in total. The van der Waals surface area contributed by atoms with E-state index in [9.17, 15) is 4.39 Å². The highest BCUT2D eigenvalue weighted by Crippen LogP contribution is 2.26. The minimum atomic E-state index is -0.266. The molecule has 0 aliphatic heterocycles. The molecule has 0 unspecified atom stereocenters. The third-order valence-corrected chi connectivity index (χ3v) is 1.78. The number of nitrogens with zero attached hydrogens (tertiary/aromatic N) is 2. The first kappa shape index (κ1) is 7.97. The molecule has 0 fully saturated rings. The number of aromatic nitrogens is 2. The maximum absolute atomic E-state index is 12.8. The predicted molar refractivity (Wildman–Crippen MR) is 45.1 cm³/mol. The van der Waals surface area contributed by atoms with Crippen LogP contribution in [0, 0.1) is 0 Å². The normalized spacial score (nSPS) is 16.7. The highest BCUT2D eigenvalue weighted by molar-refractivity contribution is 5.62. The van der Waals surface area contributed by atoms with Crippen LogP contribution in [0.2, 0.25) is 0 Å². The standard InChI is InChI=1S/C8H8FN3O/c9-6-3-1-2-5(4-6)7-11-12-8(10)13-7/h3-4H,1-2H2,(H2,10,12). The number of allylic oxidation sites excluding steroid dienone is 4. The van der Waals surface area contributed by atoms with Crippen LogP contribution in [0.5, 0.6) is 0 Å². The molecule has 1 aromatic heterocycles. The Balaban J connectivity index is 2.31. The largest absolute Gasteiger partial charge is 0.404 e. The van der Waals surface area contributed by atoms with E-state index in [1.807, 2.05) is 0 Å². The minimum absolute atomic E-state index is 0.00543. The number of rotatable bonds is 1. The van der Waals surface area contributed by atoms with Crippen molar-refractivity contribution in [1.82, 2.24) is 10.2 Å². The van der Waals surface area contributed by atoms with Gasteiger partial charge in [-0.3, -0.25) is 0 Å². The Morgan fingerprint density at radius 3 is 2.92 bits per heavy atom. The molecule has 0 saturated carbocycles. The Bertz CT molecular complexity index is 380. The summed E-state index contributed by atoms with van der Waals surface area (Å²) >= 11 is 0. The van der Waals surface area contributed by atoms with Crippen molar-refractivity contribution in [3.63, 3.8) is 0 Å². The third-order valence-electron chi connectivity index (χ3n) is 1.78. The summed E-state index contributed by atoms with van der Waals surface area (Å²) in [5, 5.41) is 7.17. The summed E-state index contributed by atoms with van der Waals surface area (Å²) in [4.78, 5) is 0. The fourth-order valence-electron chi connectivity index (χ4n) is 1.20. The molecule has 0 spiro atoms. The topological polar surface area (TPSA) is 64.9 Å². The van der Waals surface area contributed by atoms with Gasteiger partial charge in [-0.2, -0.15) is 0 Å². The van der Waals surface area contributed by atoms with Crippen LogP contribution in [0.25, 0.3) is 5.57 Å². The Kier molecular flexibility index (Phi) is 1.84. The fraction of sp³-hybridized carbons (Fsp3) is 0.250. The van der Waals surface area contributed by atoms with Crippen LogP contribution in [0.4, 0.5) is 10.4 Å². The molecule has 0 saturated heterocycles. The summed E-state index contributed by atoms with van der Waals surface area (Å²) in [6.07, 6.45) is 4.26. The average molecular weight is 181 g/mol.